The van der Waals surface area contributed by atoms with E-state index in [1.54, 1.807) is 12.1 Å². The highest BCUT2D eigenvalue weighted by Gasteiger charge is 2.25. The molecule has 1 saturated carbocycles. The van der Waals surface area contributed by atoms with Gasteiger partial charge in [0.1, 0.15) is 12.4 Å². The lowest BCUT2D eigenvalue weighted by Gasteiger charge is -2.23. The van der Waals surface area contributed by atoms with E-state index >= 15 is 0 Å². The SMILES string of the molecule is CN(Cc1ccc(OCC(F)F)cc1)CC1CCCC1O. The first kappa shape index (κ1) is 16.2. The molecule has 1 fully saturated rings. The van der Waals surface area contributed by atoms with Crippen LogP contribution in [0.3, 0.4) is 0 Å². The first-order chi connectivity index (χ1) is 10.0. The largest absolute Gasteiger partial charge is 0.488 e. The Hall–Kier alpha value is -1.20. The lowest BCUT2D eigenvalue weighted by molar-refractivity contribution is 0.0819. The van der Waals surface area contributed by atoms with Gasteiger partial charge in [-0.2, -0.15) is 0 Å². The number of aliphatic hydroxyl groups excluding tert-OH is 1. The molecule has 0 bridgehead atoms. The van der Waals surface area contributed by atoms with Crippen molar-refractivity contribution in [3.63, 3.8) is 0 Å². The van der Waals surface area contributed by atoms with E-state index in [9.17, 15) is 13.9 Å². The highest BCUT2D eigenvalue weighted by atomic mass is 19.3. The molecule has 1 aliphatic rings. The summed E-state index contributed by atoms with van der Waals surface area (Å²) >= 11 is 0. The average Bonchev–Trinajstić information content (AvgIpc) is 2.83. The summed E-state index contributed by atoms with van der Waals surface area (Å²) in [4.78, 5) is 2.19. The lowest BCUT2D eigenvalue weighted by Crippen LogP contribution is -2.29. The minimum atomic E-state index is -2.45. The van der Waals surface area contributed by atoms with Gasteiger partial charge in [0.05, 0.1) is 6.10 Å². The van der Waals surface area contributed by atoms with Crippen molar-refractivity contribution < 1.29 is 18.6 Å². The maximum absolute atomic E-state index is 12.0. The first-order valence-electron chi connectivity index (χ1n) is 7.41. The van der Waals surface area contributed by atoms with Gasteiger partial charge < -0.3 is 14.7 Å². The van der Waals surface area contributed by atoms with Crippen LogP contribution in [0.25, 0.3) is 0 Å². The molecule has 1 aromatic rings. The van der Waals surface area contributed by atoms with E-state index in [0.717, 1.165) is 37.9 Å². The van der Waals surface area contributed by atoms with Gasteiger partial charge in [0.25, 0.3) is 6.43 Å². The standard InChI is InChI=1S/C16H23F2NO2/c1-19(10-13-3-2-4-15(13)20)9-12-5-7-14(8-6-12)21-11-16(17)18/h5-8,13,15-16,20H,2-4,9-11H2,1H3. The summed E-state index contributed by atoms with van der Waals surface area (Å²) in [6.07, 6.45) is 0.488. The smallest absolute Gasteiger partial charge is 0.272 e. The van der Waals surface area contributed by atoms with E-state index in [0.29, 0.717) is 11.7 Å². The van der Waals surface area contributed by atoms with Crippen LogP contribution in [0, 0.1) is 5.92 Å². The number of hydrogen-bond acceptors (Lipinski definition) is 3. The Morgan fingerprint density at radius 3 is 2.57 bits per heavy atom. The Balaban J connectivity index is 1.79. The van der Waals surface area contributed by atoms with Crippen LogP contribution >= 0.6 is 0 Å². The van der Waals surface area contributed by atoms with Crippen molar-refractivity contribution in [3.8, 4) is 5.75 Å². The lowest BCUT2D eigenvalue weighted by atomic mass is 10.1. The summed E-state index contributed by atoms with van der Waals surface area (Å²) in [7, 11) is 2.03. The molecule has 0 aromatic heterocycles. The zero-order valence-corrected chi connectivity index (χ0v) is 12.3. The molecule has 2 atom stereocenters. The van der Waals surface area contributed by atoms with E-state index in [1.807, 2.05) is 19.2 Å². The summed E-state index contributed by atoms with van der Waals surface area (Å²) in [6.45, 7) is 1.09. The van der Waals surface area contributed by atoms with Gasteiger partial charge in [-0.1, -0.05) is 18.6 Å². The molecule has 118 valence electrons. The number of hydrogen-bond donors (Lipinski definition) is 1. The Labute approximate surface area is 124 Å². The number of nitrogens with zero attached hydrogens (tertiary/aromatic N) is 1. The van der Waals surface area contributed by atoms with Crippen molar-refractivity contribution in [2.75, 3.05) is 20.2 Å². The quantitative estimate of drug-likeness (QED) is 0.840. The molecular formula is C16H23F2NO2. The van der Waals surface area contributed by atoms with Crippen LogP contribution in [0.5, 0.6) is 5.75 Å². The fraction of sp³-hybridized carbons (Fsp3) is 0.625. The van der Waals surface area contributed by atoms with Crippen LogP contribution in [0.15, 0.2) is 24.3 Å². The highest BCUT2D eigenvalue weighted by molar-refractivity contribution is 5.27. The molecule has 3 nitrogen and oxygen atoms in total. The summed E-state index contributed by atoms with van der Waals surface area (Å²) < 4.78 is 29.0. The van der Waals surface area contributed by atoms with Crippen LogP contribution in [-0.2, 0) is 6.54 Å². The van der Waals surface area contributed by atoms with Gasteiger partial charge in [-0.25, -0.2) is 8.78 Å². The molecule has 2 unspecified atom stereocenters. The van der Waals surface area contributed by atoms with Crippen LogP contribution < -0.4 is 4.74 Å². The summed E-state index contributed by atoms with van der Waals surface area (Å²) in [5, 5.41) is 9.84. The summed E-state index contributed by atoms with van der Waals surface area (Å²) in [5.41, 5.74) is 1.11. The normalized spacial score (nSPS) is 22.2. The molecule has 0 radical (unpaired) electrons. The number of halogens is 2. The Morgan fingerprint density at radius 1 is 1.29 bits per heavy atom. The molecule has 0 saturated heterocycles. The van der Waals surface area contributed by atoms with Crippen molar-refractivity contribution >= 4 is 0 Å². The third-order valence-corrected chi connectivity index (χ3v) is 3.92. The number of benzene rings is 1. The van der Waals surface area contributed by atoms with E-state index in [2.05, 4.69) is 4.90 Å². The zero-order chi connectivity index (χ0) is 15.2. The monoisotopic (exact) mass is 299 g/mol. The van der Waals surface area contributed by atoms with Crippen molar-refractivity contribution in [3.05, 3.63) is 29.8 Å². The maximum atomic E-state index is 12.0. The fourth-order valence-electron chi connectivity index (χ4n) is 2.86. The molecule has 1 N–H and O–H groups in total. The molecule has 1 aliphatic carbocycles. The Kier molecular flexibility index (Phi) is 5.94. The predicted molar refractivity (Wildman–Crippen MR) is 77.6 cm³/mol. The van der Waals surface area contributed by atoms with Gasteiger partial charge in [0.15, 0.2) is 0 Å². The van der Waals surface area contributed by atoms with Gasteiger partial charge in [0.2, 0.25) is 0 Å². The van der Waals surface area contributed by atoms with Crippen LogP contribution in [-0.4, -0.2) is 42.7 Å². The third-order valence-electron chi connectivity index (χ3n) is 3.92. The fourth-order valence-corrected chi connectivity index (χ4v) is 2.86. The third kappa shape index (κ3) is 5.25. The van der Waals surface area contributed by atoms with Crippen LogP contribution in [0.2, 0.25) is 0 Å². The van der Waals surface area contributed by atoms with E-state index in [1.165, 1.54) is 0 Å². The van der Waals surface area contributed by atoms with Crippen molar-refractivity contribution in [2.45, 2.75) is 38.3 Å². The van der Waals surface area contributed by atoms with E-state index in [4.69, 9.17) is 4.74 Å². The van der Waals surface area contributed by atoms with Crippen LogP contribution in [0.4, 0.5) is 8.78 Å². The van der Waals surface area contributed by atoms with Crippen LogP contribution in [0.1, 0.15) is 24.8 Å². The van der Waals surface area contributed by atoms with Crippen molar-refractivity contribution in [1.82, 2.24) is 4.90 Å². The van der Waals surface area contributed by atoms with Gasteiger partial charge >= 0.3 is 0 Å². The molecule has 0 aliphatic heterocycles. The molecular weight excluding hydrogens is 276 g/mol. The molecule has 21 heavy (non-hydrogen) atoms. The molecule has 2 rings (SSSR count). The van der Waals surface area contributed by atoms with Crippen molar-refractivity contribution in [2.24, 2.45) is 5.92 Å². The second-order valence-electron chi connectivity index (χ2n) is 5.80. The molecule has 5 heteroatoms. The highest BCUT2D eigenvalue weighted by Crippen LogP contribution is 2.26. The van der Waals surface area contributed by atoms with Gasteiger partial charge in [0, 0.05) is 13.1 Å². The number of alkyl halides is 2. The topological polar surface area (TPSA) is 32.7 Å². The first-order valence-corrected chi connectivity index (χ1v) is 7.41. The average molecular weight is 299 g/mol. The maximum Gasteiger partial charge on any atom is 0.272 e. The van der Waals surface area contributed by atoms with Gasteiger partial charge in [-0.05, 0) is 43.5 Å². The molecule has 0 amide bonds. The Morgan fingerprint density at radius 2 is 2.00 bits per heavy atom. The van der Waals surface area contributed by atoms with E-state index in [-0.39, 0.29) is 6.10 Å². The molecule has 0 heterocycles. The van der Waals surface area contributed by atoms with Gasteiger partial charge in [-0.15, -0.1) is 0 Å². The summed E-state index contributed by atoms with van der Waals surface area (Å²) in [6, 6.07) is 7.22. The summed E-state index contributed by atoms with van der Waals surface area (Å²) in [5.74, 6) is 0.830. The minimum absolute atomic E-state index is 0.169. The van der Waals surface area contributed by atoms with Crippen molar-refractivity contribution in [1.29, 1.82) is 0 Å². The molecule has 1 aromatic carbocycles. The van der Waals surface area contributed by atoms with E-state index < -0.39 is 13.0 Å². The second kappa shape index (κ2) is 7.71. The Bertz CT molecular complexity index is 425. The van der Waals surface area contributed by atoms with Gasteiger partial charge in [-0.3, -0.25) is 0 Å². The molecule has 0 spiro atoms. The predicted octanol–water partition coefficient (Wildman–Crippen LogP) is 2.92. The number of ether oxygens (including phenoxy) is 1. The zero-order valence-electron chi connectivity index (χ0n) is 12.3. The minimum Gasteiger partial charge on any atom is -0.488 e. The second-order valence-corrected chi connectivity index (χ2v) is 5.80. The number of rotatable bonds is 7. The number of aliphatic hydroxyl groups is 1.